The number of benzene rings is 1. The predicted octanol–water partition coefficient (Wildman–Crippen LogP) is 3.59. The quantitative estimate of drug-likeness (QED) is 0.897. The normalized spacial score (nSPS) is 12.4. The second-order valence-corrected chi connectivity index (χ2v) is 5.03. The first-order chi connectivity index (χ1) is 8.16. The molecule has 0 aliphatic heterocycles. The van der Waals surface area contributed by atoms with Crippen LogP contribution in [0.15, 0.2) is 52.5 Å². The van der Waals surface area contributed by atoms with Gasteiger partial charge < -0.3 is 5.11 Å². The van der Waals surface area contributed by atoms with Gasteiger partial charge in [0.25, 0.3) is 0 Å². The molecule has 1 N–H and O–H groups in total. The molecule has 0 saturated heterocycles. The van der Waals surface area contributed by atoms with Crippen molar-refractivity contribution in [3.05, 3.63) is 53.7 Å². The van der Waals surface area contributed by atoms with Crippen LogP contribution >= 0.6 is 11.8 Å². The maximum atomic E-state index is 9.53. The highest BCUT2D eigenvalue weighted by Crippen LogP contribution is 2.29. The summed E-state index contributed by atoms with van der Waals surface area (Å²) in [5.74, 6) is 0. The summed E-state index contributed by atoms with van der Waals surface area (Å²) in [6.07, 6.45) is 1.29. The lowest BCUT2D eigenvalue weighted by molar-refractivity contribution is 0.199. The fourth-order valence-electron chi connectivity index (χ4n) is 1.52. The van der Waals surface area contributed by atoms with Crippen LogP contribution in [0.25, 0.3) is 0 Å². The first kappa shape index (κ1) is 12.1. The third-order valence-corrected chi connectivity index (χ3v) is 3.66. The standard InChI is InChI=1S/C14H15NOS/c1-10-5-3-4-6-13(10)17-14-9-12(11(2)16)7-8-15-14/h3-9,11,16H,1-2H3. The minimum Gasteiger partial charge on any atom is -0.389 e. The highest BCUT2D eigenvalue weighted by molar-refractivity contribution is 7.99. The molecule has 0 aliphatic rings. The van der Waals surface area contributed by atoms with E-state index >= 15 is 0 Å². The van der Waals surface area contributed by atoms with E-state index < -0.39 is 6.10 Å². The summed E-state index contributed by atoms with van der Waals surface area (Å²) in [4.78, 5) is 5.51. The lowest BCUT2D eigenvalue weighted by Gasteiger charge is -2.07. The van der Waals surface area contributed by atoms with E-state index in [2.05, 4.69) is 24.0 Å². The number of aryl methyl sites for hydroxylation is 1. The molecule has 1 aromatic carbocycles. The molecule has 2 nitrogen and oxygen atoms in total. The average molecular weight is 245 g/mol. The number of hydrogen-bond donors (Lipinski definition) is 1. The zero-order chi connectivity index (χ0) is 12.3. The van der Waals surface area contributed by atoms with Crippen molar-refractivity contribution >= 4 is 11.8 Å². The molecule has 1 unspecified atom stereocenters. The summed E-state index contributed by atoms with van der Waals surface area (Å²) in [5.41, 5.74) is 2.14. The topological polar surface area (TPSA) is 33.1 Å². The van der Waals surface area contributed by atoms with Crippen LogP contribution in [0.4, 0.5) is 0 Å². The molecule has 0 radical (unpaired) electrons. The summed E-state index contributed by atoms with van der Waals surface area (Å²) in [6, 6.07) is 12.0. The van der Waals surface area contributed by atoms with Crippen molar-refractivity contribution in [3.8, 4) is 0 Å². The second-order valence-electron chi connectivity index (χ2n) is 3.97. The molecule has 1 aromatic heterocycles. The Morgan fingerprint density at radius 1 is 1.24 bits per heavy atom. The van der Waals surface area contributed by atoms with E-state index in [1.807, 2.05) is 24.3 Å². The van der Waals surface area contributed by atoms with Crippen LogP contribution in [-0.4, -0.2) is 10.1 Å². The number of aliphatic hydroxyl groups is 1. The molecule has 0 amide bonds. The van der Waals surface area contributed by atoms with Crippen LogP contribution < -0.4 is 0 Å². The number of aromatic nitrogens is 1. The number of rotatable bonds is 3. The number of aliphatic hydroxyl groups excluding tert-OH is 1. The van der Waals surface area contributed by atoms with Gasteiger partial charge in [0.05, 0.1) is 6.10 Å². The van der Waals surface area contributed by atoms with Gasteiger partial charge in [-0.05, 0) is 43.2 Å². The van der Waals surface area contributed by atoms with Crippen molar-refractivity contribution in [3.63, 3.8) is 0 Å². The van der Waals surface area contributed by atoms with E-state index in [-0.39, 0.29) is 0 Å². The fraction of sp³-hybridized carbons (Fsp3) is 0.214. The zero-order valence-electron chi connectivity index (χ0n) is 9.92. The van der Waals surface area contributed by atoms with Gasteiger partial charge in [-0.25, -0.2) is 4.98 Å². The monoisotopic (exact) mass is 245 g/mol. The molecule has 2 rings (SSSR count). The number of hydrogen-bond acceptors (Lipinski definition) is 3. The van der Waals surface area contributed by atoms with Crippen LogP contribution in [-0.2, 0) is 0 Å². The van der Waals surface area contributed by atoms with Crippen LogP contribution in [0.1, 0.15) is 24.2 Å². The van der Waals surface area contributed by atoms with Crippen LogP contribution in [0.5, 0.6) is 0 Å². The maximum absolute atomic E-state index is 9.53. The van der Waals surface area contributed by atoms with E-state index in [1.165, 1.54) is 10.5 Å². The van der Waals surface area contributed by atoms with Crippen molar-refractivity contribution in [2.24, 2.45) is 0 Å². The number of pyridine rings is 1. The summed E-state index contributed by atoms with van der Waals surface area (Å²) in [6.45, 7) is 3.85. The van der Waals surface area contributed by atoms with Crippen LogP contribution in [0.3, 0.4) is 0 Å². The summed E-state index contributed by atoms with van der Waals surface area (Å²) >= 11 is 1.62. The van der Waals surface area contributed by atoms with Gasteiger partial charge in [-0.2, -0.15) is 0 Å². The van der Waals surface area contributed by atoms with Gasteiger partial charge >= 0.3 is 0 Å². The molecule has 1 heterocycles. The van der Waals surface area contributed by atoms with Gasteiger partial charge in [0.2, 0.25) is 0 Å². The van der Waals surface area contributed by atoms with Gasteiger partial charge in [0, 0.05) is 11.1 Å². The first-order valence-electron chi connectivity index (χ1n) is 5.54. The Morgan fingerprint density at radius 3 is 2.71 bits per heavy atom. The molecule has 17 heavy (non-hydrogen) atoms. The van der Waals surface area contributed by atoms with E-state index in [1.54, 1.807) is 24.9 Å². The number of nitrogens with zero attached hydrogens (tertiary/aromatic N) is 1. The molecule has 0 fully saturated rings. The Balaban J connectivity index is 2.25. The molecule has 0 aliphatic carbocycles. The zero-order valence-corrected chi connectivity index (χ0v) is 10.7. The van der Waals surface area contributed by atoms with Gasteiger partial charge in [0.1, 0.15) is 5.03 Å². The van der Waals surface area contributed by atoms with Crippen molar-refractivity contribution in [1.29, 1.82) is 0 Å². The Bertz CT molecular complexity index is 511. The van der Waals surface area contributed by atoms with Crippen molar-refractivity contribution < 1.29 is 5.11 Å². The van der Waals surface area contributed by atoms with E-state index in [0.717, 1.165) is 10.6 Å². The van der Waals surface area contributed by atoms with E-state index in [9.17, 15) is 5.11 Å². The SMILES string of the molecule is Cc1ccccc1Sc1cc(C(C)O)ccn1. The molecule has 2 aromatic rings. The minimum absolute atomic E-state index is 0.450. The Labute approximate surface area is 106 Å². The Hall–Kier alpha value is -1.32. The lowest BCUT2D eigenvalue weighted by atomic mass is 10.2. The average Bonchev–Trinajstić information content (AvgIpc) is 2.32. The van der Waals surface area contributed by atoms with E-state index in [4.69, 9.17) is 0 Å². The summed E-state index contributed by atoms with van der Waals surface area (Å²) < 4.78 is 0. The lowest BCUT2D eigenvalue weighted by Crippen LogP contribution is -1.92. The van der Waals surface area contributed by atoms with Crippen LogP contribution in [0.2, 0.25) is 0 Å². The third-order valence-electron chi connectivity index (χ3n) is 2.55. The molecule has 3 heteroatoms. The highest BCUT2D eigenvalue weighted by Gasteiger charge is 2.05. The van der Waals surface area contributed by atoms with Gasteiger partial charge in [-0.1, -0.05) is 30.0 Å². The highest BCUT2D eigenvalue weighted by atomic mass is 32.2. The molecule has 1 atom stereocenters. The molecule has 88 valence electrons. The minimum atomic E-state index is -0.450. The van der Waals surface area contributed by atoms with Crippen molar-refractivity contribution in [2.45, 2.75) is 29.9 Å². The third kappa shape index (κ3) is 3.08. The predicted molar refractivity (Wildman–Crippen MR) is 70.2 cm³/mol. The smallest absolute Gasteiger partial charge is 0.101 e. The maximum Gasteiger partial charge on any atom is 0.101 e. The largest absolute Gasteiger partial charge is 0.389 e. The van der Waals surface area contributed by atoms with E-state index in [0.29, 0.717) is 0 Å². The van der Waals surface area contributed by atoms with Gasteiger partial charge in [-0.3, -0.25) is 0 Å². The Morgan fingerprint density at radius 2 is 2.00 bits per heavy atom. The summed E-state index contributed by atoms with van der Waals surface area (Å²) in [7, 11) is 0. The molecule has 0 spiro atoms. The first-order valence-corrected chi connectivity index (χ1v) is 6.36. The Kier molecular flexibility index (Phi) is 3.82. The van der Waals surface area contributed by atoms with Crippen molar-refractivity contribution in [1.82, 2.24) is 4.98 Å². The van der Waals surface area contributed by atoms with Gasteiger partial charge in [0.15, 0.2) is 0 Å². The molecular weight excluding hydrogens is 230 g/mol. The second kappa shape index (κ2) is 5.34. The van der Waals surface area contributed by atoms with Crippen LogP contribution in [0, 0.1) is 6.92 Å². The van der Waals surface area contributed by atoms with Crippen molar-refractivity contribution in [2.75, 3.05) is 0 Å². The molecule has 0 bridgehead atoms. The fourth-order valence-corrected chi connectivity index (χ4v) is 2.43. The molecular formula is C14H15NOS. The molecule has 0 saturated carbocycles. The van der Waals surface area contributed by atoms with Gasteiger partial charge in [-0.15, -0.1) is 0 Å². The summed E-state index contributed by atoms with van der Waals surface area (Å²) in [5, 5.41) is 10.4.